The number of likely N-dealkylation sites (N-methyl/N-ethyl adjacent to an activating group) is 2. The number of ether oxygens (including phenoxy) is 2. The molecule has 0 spiro atoms. The molecule has 1 aliphatic heterocycles. The summed E-state index contributed by atoms with van der Waals surface area (Å²) in [6, 6.07) is 12.7. The first-order valence-electron chi connectivity index (χ1n) is 21.8. The van der Waals surface area contributed by atoms with Crippen molar-refractivity contribution in [1.29, 1.82) is 0 Å². The highest BCUT2D eigenvalue weighted by molar-refractivity contribution is 5.90. The number of phenols is 1. The molecular weight excluding hydrogens is 779 g/mol. The van der Waals surface area contributed by atoms with Crippen molar-refractivity contribution < 1.29 is 43.7 Å². The highest BCUT2D eigenvalue weighted by atomic mass is 16.5. The zero-order valence-corrected chi connectivity index (χ0v) is 38.3. The molecule has 9 atom stereocenters. The number of amides is 4. The Morgan fingerprint density at radius 1 is 0.852 bits per heavy atom. The number of aliphatic carboxylic acids is 1. The molecule has 0 radical (unpaired) electrons. The molecule has 4 unspecified atom stereocenters. The standard InChI is InChI=1S/C47H73N5O9/c1-12-31(6)42(51(9)46(57)40(29(2)3)49-45(56)41(30(4)5)50(8)26-24-33-20-22-35(53)23-21-33)38(60-10)28-39(54)52-25-16-19-37(52)43(61-11)32(7)44(55)48-36(47(58)59)27-34-17-14-13-15-18-34/h13-15,17-18,20-23,29-32,36-38,40-43,53H,12,16,19,24-28H2,1-11H3,(H,48,55)(H,49,56)(H,58,59)/t31-,32+,36?,37?,38+,40?,41?,42-,43+/m0/s1. The smallest absolute Gasteiger partial charge is 0.326 e. The van der Waals surface area contributed by atoms with Crippen molar-refractivity contribution in [1.82, 2.24) is 25.3 Å². The van der Waals surface area contributed by atoms with Gasteiger partial charge in [-0.3, -0.25) is 24.1 Å². The number of likely N-dealkylation sites (tertiary alicyclic amines) is 1. The Labute approximate surface area is 363 Å². The summed E-state index contributed by atoms with van der Waals surface area (Å²) in [6.45, 7) is 14.5. The number of nitrogens with zero attached hydrogens (tertiary/aromatic N) is 3. The predicted molar refractivity (Wildman–Crippen MR) is 236 cm³/mol. The van der Waals surface area contributed by atoms with Crippen LogP contribution in [0.5, 0.6) is 5.75 Å². The number of rotatable bonds is 24. The number of carboxylic acid groups (broad SMARTS) is 1. The number of benzene rings is 2. The molecule has 2 aromatic rings. The molecular formula is C47H73N5O9. The monoisotopic (exact) mass is 852 g/mol. The number of hydrogen-bond acceptors (Lipinski definition) is 9. The van der Waals surface area contributed by atoms with E-state index in [0.29, 0.717) is 38.8 Å². The quantitative estimate of drug-likeness (QED) is 0.115. The maximum absolute atomic E-state index is 14.5. The molecule has 1 heterocycles. The Hall–Kier alpha value is -4.53. The van der Waals surface area contributed by atoms with Gasteiger partial charge < -0.3 is 40.1 Å². The van der Waals surface area contributed by atoms with Gasteiger partial charge in [-0.05, 0) is 67.3 Å². The first kappa shape index (κ1) is 50.8. The third-order valence-electron chi connectivity index (χ3n) is 12.5. The highest BCUT2D eigenvalue weighted by Gasteiger charge is 2.43. The van der Waals surface area contributed by atoms with Crippen molar-refractivity contribution in [2.75, 3.05) is 41.4 Å². The van der Waals surface area contributed by atoms with Gasteiger partial charge in [-0.25, -0.2) is 4.79 Å². The van der Waals surface area contributed by atoms with Crippen LogP contribution in [-0.2, 0) is 46.3 Å². The number of carbonyl (C=O) groups is 5. The number of phenolic OH excluding ortho intramolecular Hbond substituents is 1. The third kappa shape index (κ3) is 14.0. The summed E-state index contributed by atoms with van der Waals surface area (Å²) in [6.07, 6.45) is 1.36. The lowest BCUT2D eigenvalue weighted by molar-refractivity contribution is -0.148. The van der Waals surface area contributed by atoms with Crippen molar-refractivity contribution in [3.63, 3.8) is 0 Å². The van der Waals surface area contributed by atoms with Crippen LogP contribution in [0, 0.1) is 23.7 Å². The molecule has 0 aromatic heterocycles. The second kappa shape index (κ2) is 24.2. The van der Waals surface area contributed by atoms with Crippen LogP contribution in [0.3, 0.4) is 0 Å². The van der Waals surface area contributed by atoms with Crippen LogP contribution >= 0.6 is 0 Å². The lowest BCUT2D eigenvalue weighted by atomic mass is 9.89. The van der Waals surface area contributed by atoms with Crippen molar-refractivity contribution >= 4 is 29.6 Å². The summed E-state index contributed by atoms with van der Waals surface area (Å²) >= 11 is 0. The van der Waals surface area contributed by atoms with Crippen molar-refractivity contribution in [3.8, 4) is 5.75 Å². The number of aromatic hydroxyl groups is 1. The molecule has 0 saturated carbocycles. The highest BCUT2D eigenvalue weighted by Crippen LogP contribution is 2.30. The summed E-state index contributed by atoms with van der Waals surface area (Å²) in [5.74, 6) is -3.28. The first-order chi connectivity index (χ1) is 28.9. The van der Waals surface area contributed by atoms with Crippen LogP contribution < -0.4 is 10.6 Å². The Morgan fingerprint density at radius 2 is 1.49 bits per heavy atom. The van der Waals surface area contributed by atoms with Crippen LogP contribution in [0.2, 0.25) is 0 Å². The molecule has 14 heteroatoms. The molecule has 1 aliphatic rings. The second-order valence-corrected chi connectivity index (χ2v) is 17.5. The summed E-state index contributed by atoms with van der Waals surface area (Å²) < 4.78 is 11.9. The van der Waals surface area contributed by atoms with E-state index in [1.54, 1.807) is 35.9 Å². The van der Waals surface area contributed by atoms with Gasteiger partial charge in [0.05, 0.1) is 42.7 Å². The van der Waals surface area contributed by atoms with Crippen LogP contribution in [0.1, 0.15) is 85.3 Å². The average molecular weight is 852 g/mol. The van der Waals surface area contributed by atoms with Gasteiger partial charge in [0.25, 0.3) is 0 Å². The fourth-order valence-electron chi connectivity index (χ4n) is 8.75. The molecule has 61 heavy (non-hydrogen) atoms. The molecule has 0 bridgehead atoms. The molecule has 1 fully saturated rings. The van der Waals surface area contributed by atoms with Crippen LogP contribution in [-0.4, -0.2) is 138 Å². The lowest BCUT2D eigenvalue weighted by Crippen LogP contribution is -2.60. The zero-order chi connectivity index (χ0) is 45.6. The van der Waals surface area contributed by atoms with Crippen molar-refractivity contribution in [2.45, 2.75) is 129 Å². The molecule has 1 saturated heterocycles. The largest absolute Gasteiger partial charge is 0.508 e. The normalized spacial score (nSPS) is 18.2. The Bertz CT molecular complexity index is 1710. The van der Waals surface area contributed by atoms with E-state index in [-0.39, 0.29) is 54.1 Å². The summed E-state index contributed by atoms with van der Waals surface area (Å²) in [4.78, 5) is 73.9. The van der Waals surface area contributed by atoms with Crippen LogP contribution in [0.25, 0.3) is 0 Å². The van der Waals surface area contributed by atoms with Crippen LogP contribution in [0.15, 0.2) is 54.6 Å². The maximum atomic E-state index is 14.5. The molecule has 340 valence electrons. The van der Waals surface area contributed by atoms with Crippen molar-refractivity contribution in [2.24, 2.45) is 23.7 Å². The number of nitrogens with one attached hydrogen (secondary N) is 2. The number of carbonyl (C=O) groups excluding carboxylic acids is 4. The fraction of sp³-hybridized carbons (Fsp3) is 0.638. The molecule has 0 aliphatic carbocycles. The van der Waals surface area contributed by atoms with E-state index in [1.165, 1.54) is 14.2 Å². The van der Waals surface area contributed by atoms with E-state index in [4.69, 9.17) is 9.47 Å². The Balaban J connectivity index is 1.76. The second-order valence-electron chi connectivity index (χ2n) is 17.5. The maximum Gasteiger partial charge on any atom is 0.326 e. The molecule has 2 aromatic carbocycles. The minimum absolute atomic E-state index is 0.0330. The van der Waals surface area contributed by atoms with Gasteiger partial charge in [-0.1, -0.05) is 97.4 Å². The predicted octanol–water partition coefficient (Wildman–Crippen LogP) is 4.76. The van der Waals surface area contributed by atoms with E-state index < -0.39 is 60.2 Å². The van der Waals surface area contributed by atoms with Gasteiger partial charge in [0.1, 0.15) is 17.8 Å². The first-order valence-corrected chi connectivity index (χ1v) is 21.8. The average Bonchev–Trinajstić information content (AvgIpc) is 3.71. The van der Waals surface area contributed by atoms with Gasteiger partial charge in [0.15, 0.2) is 0 Å². The summed E-state index contributed by atoms with van der Waals surface area (Å²) in [7, 11) is 6.64. The fourth-order valence-corrected chi connectivity index (χ4v) is 8.75. The number of hydrogen-bond donors (Lipinski definition) is 4. The van der Waals surface area contributed by atoms with Crippen molar-refractivity contribution in [3.05, 3.63) is 65.7 Å². The van der Waals surface area contributed by atoms with Gasteiger partial charge >= 0.3 is 5.97 Å². The lowest BCUT2D eigenvalue weighted by Gasteiger charge is -2.41. The molecule has 4 N–H and O–H groups in total. The van der Waals surface area contributed by atoms with Gasteiger partial charge in [-0.2, -0.15) is 0 Å². The number of methoxy groups -OCH3 is 2. The molecule has 14 nitrogen and oxygen atoms in total. The van der Waals surface area contributed by atoms with Gasteiger partial charge in [-0.15, -0.1) is 0 Å². The van der Waals surface area contributed by atoms with E-state index in [0.717, 1.165) is 11.1 Å². The topological polar surface area (TPSA) is 178 Å². The van der Waals surface area contributed by atoms with E-state index in [1.807, 2.05) is 96.0 Å². The van der Waals surface area contributed by atoms with E-state index in [2.05, 4.69) is 10.6 Å². The minimum atomic E-state index is -1.14. The molecule has 3 rings (SSSR count). The SMILES string of the molecule is CC[C@H](C)[C@@H]([C@@H](CC(=O)N1CCCC1[C@H](OC)[C@@H](C)C(=O)NC(Cc1ccccc1)C(=O)O)OC)N(C)C(=O)C(NC(=O)C(C(C)C)N(C)CCc1ccc(O)cc1)C(C)C. The minimum Gasteiger partial charge on any atom is -0.508 e. The Kier molecular flexibility index (Phi) is 20.2. The summed E-state index contributed by atoms with van der Waals surface area (Å²) in [5.41, 5.74) is 1.81. The van der Waals surface area contributed by atoms with E-state index in [9.17, 15) is 34.2 Å². The number of carboxylic acids is 1. The van der Waals surface area contributed by atoms with E-state index >= 15 is 0 Å². The van der Waals surface area contributed by atoms with Gasteiger partial charge in [0, 0.05) is 40.8 Å². The third-order valence-corrected chi connectivity index (χ3v) is 12.5. The van der Waals surface area contributed by atoms with Crippen LogP contribution in [0.4, 0.5) is 0 Å². The molecule has 4 amide bonds. The zero-order valence-electron chi connectivity index (χ0n) is 38.3. The summed E-state index contributed by atoms with van der Waals surface area (Å²) in [5, 5.41) is 25.4. The Morgan fingerprint density at radius 3 is 2.03 bits per heavy atom. The van der Waals surface area contributed by atoms with Gasteiger partial charge in [0.2, 0.25) is 23.6 Å².